The van der Waals surface area contributed by atoms with Gasteiger partial charge in [0.2, 0.25) is 0 Å². The SMILES string of the molecule is Cc1cc(O)ccc1C(=O)N(C)CC(C)(C)CN. The molecule has 0 aliphatic rings. The molecule has 1 aromatic carbocycles. The third kappa shape index (κ3) is 3.47. The second-order valence-corrected chi connectivity index (χ2v) is 5.53. The van der Waals surface area contributed by atoms with Gasteiger partial charge in [-0.3, -0.25) is 4.79 Å². The summed E-state index contributed by atoms with van der Waals surface area (Å²) in [5, 5.41) is 9.34. The van der Waals surface area contributed by atoms with E-state index in [1.165, 1.54) is 6.07 Å². The lowest BCUT2D eigenvalue weighted by Gasteiger charge is -2.29. The average Bonchev–Trinajstić information content (AvgIpc) is 2.27. The van der Waals surface area contributed by atoms with Crippen molar-refractivity contribution in [2.45, 2.75) is 20.8 Å². The highest BCUT2D eigenvalue weighted by molar-refractivity contribution is 5.95. The summed E-state index contributed by atoms with van der Waals surface area (Å²) in [7, 11) is 1.77. The number of benzene rings is 1. The number of nitrogens with two attached hydrogens (primary N) is 1. The van der Waals surface area contributed by atoms with Gasteiger partial charge in [0.05, 0.1) is 0 Å². The van der Waals surface area contributed by atoms with Crippen LogP contribution in [0.25, 0.3) is 0 Å². The van der Waals surface area contributed by atoms with Gasteiger partial charge in [0, 0.05) is 19.2 Å². The van der Waals surface area contributed by atoms with Crippen molar-refractivity contribution in [3.8, 4) is 5.75 Å². The zero-order chi connectivity index (χ0) is 13.9. The summed E-state index contributed by atoms with van der Waals surface area (Å²) in [6, 6.07) is 4.77. The summed E-state index contributed by atoms with van der Waals surface area (Å²) >= 11 is 0. The topological polar surface area (TPSA) is 66.6 Å². The van der Waals surface area contributed by atoms with Crippen molar-refractivity contribution in [2.24, 2.45) is 11.1 Å². The second-order valence-electron chi connectivity index (χ2n) is 5.53. The summed E-state index contributed by atoms with van der Waals surface area (Å²) in [6.07, 6.45) is 0. The second kappa shape index (κ2) is 5.40. The molecule has 4 heteroatoms. The van der Waals surface area contributed by atoms with Gasteiger partial charge in [-0.25, -0.2) is 0 Å². The Kier molecular flexibility index (Phi) is 4.35. The number of nitrogens with zero attached hydrogens (tertiary/aromatic N) is 1. The number of aryl methyl sites for hydroxylation is 1. The van der Waals surface area contributed by atoms with Crippen LogP contribution in [0.1, 0.15) is 29.8 Å². The van der Waals surface area contributed by atoms with Gasteiger partial charge in [-0.15, -0.1) is 0 Å². The van der Waals surface area contributed by atoms with E-state index in [0.717, 1.165) is 5.56 Å². The predicted molar refractivity (Wildman–Crippen MR) is 72.6 cm³/mol. The first-order valence-electron chi connectivity index (χ1n) is 6.02. The predicted octanol–water partition coefficient (Wildman–Crippen LogP) is 1.76. The first-order valence-corrected chi connectivity index (χ1v) is 6.02. The van der Waals surface area contributed by atoms with Crippen LogP contribution in [-0.2, 0) is 0 Å². The largest absolute Gasteiger partial charge is 0.508 e. The monoisotopic (exact) mass is 250 g/mol. The molecule has 0 atom stereocenters. The number of hydrogen-bond donors (Lipinski definition) is 2. The van der Waals surface area contributed by atoms with Gasteiger partial charge >= 0.3 is 0 Å². The van der Waals surface area contributed by atoms with Crippen molar-refractivity contribution in [1.29, 1.82) is 0 Å². The van der Waals surface area contributed by atoms with Crippen LogP contribution >= 0.6 is 0 Å². The quantitative estimate of drug-likeness (QED) is 0.855. The molecule has 0 heterocycles. The van der Waals surface area contributed by atoms with Gasteiger partial charge in [-0.05, 0) is 42.6 Å². The van der Waals surface area contributed by atoms with E-state index in [1.807, 2.05) is 20.8 Å². The molecule has 0 bridgehead atoms. The van der Waals surface area contributed by atoms with E-state index in [4.69, 9.17) is 5.73 Å². The highest BCUT2D eigenvalue weighted by atomic mass is 16.3. The minimum atomic E-state index is -0.102. The molecule has 18 heavy (non-hydrogen) atoms. The zero-order valence-corrected chi connectivity index (χ0v) is 11.5. The molecule has 0 aromatic heterocycles. The Labute approximate surface area is 108 Å². The molecule has 0 unspecified atom stereocenters. The average molecular weight is 250 g/mol. The highest BCUT2D eigenvalue weighted by Crippen LogP contribution is 2.19. The van der Waals surface area contributed by atoms with E-state index >= 15 is 0 Å². The molecule has 1 rings (SSSR count). The van der Waals surface area contributed by atoms with Crippen LogP contribution < -0.4 is 5.73 Å². The molecule has 4 nitrogen and oxygen atoms in total. The fraction of sp³-hybridized carbons (Fsp3) is 0.500. The minimum Gasteiger partial charge on any atom is -0.508 e. The van der Waals surface area contributed by atoms with E-state index in [0.29, 0.717) is 18.7 Å². The number of amides is 1. The molecule has 0 fully saturated rings. The number of phenols is 1. The molecular formula is C14H22N2O2. The third-order valence-electron chi connectivity index (χ3n) is 3.00. The van der Waals surface area contributed by atoms with Gasteiger partial charge in [0.15, 0.2) is 0 Å². The van der Waals surface area contributed by atoms with E-state index in [-0.39, 0.29) is 17.1 Å². The number of aromatic hydroxyl groups is 1. The van der Waals surface area contributed by atoms with Crippen molar-refractivity contribution >= 4 is 5.91 Å². The van der Waals surface area contributed by atoms with Gasteiger partial charge in [0.1, 0.15) is 5.75 Å². The summed E-state index contributed by atoms with van der Waals surface area (Å²) in [5.41, 5.74) is 6.96. The standard InChI is InChI=1S/C14H22N2O2/c1-10-7-11(17)5-6-12(10)13(18)16(4)9-14(2,3)8-15/h5-7,17H,8-9,15H2,1-4H3. The molecule has 0 radical (unpaired) electrons. The Bertz CT molecular complexity index is 441. The highest BCUT2D eigenvalue weighted by Gasteiger charge is 2.22. The lowest BCUT2D eigenvalue weighted by molar-refractivity contribution is 0.0740. The molecule has 3 N–H and O–H groups in total. The Hall–Kier alpha value is -1.55. The zero-order valence-electron chi connectivity index (χ0n) is 11.5. The Morgan fingerprint density at radius 3 is 2.56 bits per heavy atom. The van der Waals surface area contributed by atoms with Crippen molar-refractivity contribution in [1.82, 2.24) is 4.90 Å². The smallest absolute Gasteiger partial charge is 0.253 e. The number of carbonyl (C=O) groups is 1. The first kappa shape index (κ1) is 14.5. The molecule has 100 valence electrons. The maximum absolute atomic E-state index is 12.3. The molecule has 1 aromatic rings. The van der Waals surface area contributed by atoms with E-state index in [9.17, 15) is 9.90 Å². The summed E-state index contributed by atoms with van der Waals surface area (Å²) < 4.78 is 0. The van der Waals surface area contributed by atoms with Gasteiger partial charge in [-0.2, -0.15) is 0 Å². The normalized spacial score (nSPS) is 11.4. The van der Waals surface area contributed by atoms with Gasteiger partial charge in [0.25, 0.3) is 5.91 Å². The fourth-order valence-corrected chi connectivity index (χ4v) is 1.87. The van der Waals surface area contributed by atoms with Crippen LogP contribution in [0.5, 0.6) is 5.75 Å². The molecular weight excluding hydrogens is 228 g/mol. The van der Waals surface area contributed by atoms with Crippen LogP contribution in [0.3, 0.4) is 0 Å². The maximum Gasteiger partial charge on any atom is 0.253 e. The van der Waals surface area contributed by atoms with Gasteiger partial charge < -0.3 is 15.7 Å². The lowest BCUT2D eigenvalue weighted by atomic mass is 9.93. The first-order chi connectivity index (χ1) is 8.26. The lowest BCUT2D eigenvalue weighted by Crippen LogP contribution is -2.39. The molecule has 0 saturated carbocycles. The van der Waals surface area contributed by atoms with Crippen LogP contribution in [-0.4, -0.2) is 36.1 Å². The van der Waals surface area contributed by atoms with Crippen LogP contribution in [0.4, 0.5) is 0 Å². The number of hydrogen-bond acceptors (Lipinski definition) is 3. The summed E-state index contributed by atoms with van der Waals surface area (Å²) in [4.78, 5) is 13.9. The van der Waals surface area contributed by atoms with E-state index in [1.54, 1.807) is 24.1 Å². The van der Waals surface area contributed by atoms with Crippen molar-refractivity contribution < 1.29 is 9.90 Å². The summed E-state index contributed by atoms with van der Waals surface area (Å²) in [6.45, 7) is 7.00. The van der Waals surface area contributed by atoms with Crippen molar-refractivity contribution in [3.63, 3.8) is 0 Å². The maximum atomic E-state index is 12.3. The van der Waals surface area contributed by atoms with Crippen LogP contribution in [0.15, 0.2) is 18.2 Å². The van der Waals surface area contributed by atoms with Crippen LogP contribution in [0, 0.1) is 12.3 Å². The Balaban J connectivity index is 2.87. The van der Waals surface area contributed by atoms with E-state index in [2.05, 4.69) is 0 Å². The number of rotatable bonds is 4. The molecule has 0 saturated heterocycles. The number of phenolic OH excluding ortho intramolecular Hbond substituents is 1. The van der Waals surface area contributed by atoms with Crippen molar-refractivity contribution in [2.75, 3.05) is 20.1 Å². The van der Waals surface area contributed by atoms with Crippen molar-refractivity contribution in [3.05, 3.63) is 29.3 Å². The summed E-state index contributed by atoms with van der Waals surface area (Å²) in [5.74, 6) is 0.128. The Morgan fingerprint density at radius 2 is 2.06 bits per heavy atom. The molecule has 0 spiro atoms. The third-order valence-corrected chi connectivity index (χ3v) is 3.00. The Morgan fingerprint density at radius 1 is 1.44 bits per heavy atom. The van der Waals surface area contributed by atoms with Crippen LogP contribution in [0.2, 0.25) is 0 Å². The molecule has 0 aliphatic carbocycles. The molecule has 0 aliphatic heterocycles. The number of carbonyl (C=O) groups excluding carboxylic acids is 1. The molecule has 1 amide bonds. The fourth-order valence-electron chi connectivity index (χ4n) is 1.87. The van der Waals surface area contributed by atoms with E-state index < -0.39 is 0 Å². The minimum absolute atomic E-state index is 0.0472. The van der Waals surface area contributed by atoms with Gasteiger partial charge in [-0.1, -0.05) is 13.8 Å².